The van der Waals surface area contributed by atoms with E-state index in [9.17, 15) is 9.50 Å². The SMILES string of the molecule is CNCC(O)c1cc(F)c2c(c1)OCCCO2. The van der Waals surface area contributed by atoms with Crippen LogP contribution in [0.2, 0.25) is 0 Å². The number of fused-ring (bicyclic) bond motifs is 1. The molecule has 1 heterocycles. The largest absolute Gasteiger partial charge is 0.489 e. The summed E-state index contributed by atoms with van der Waals surface area (Å²) in [7, 11) is 1.72. The van der Waals surface area contributed by atoms with Crippen molar-refractivity contribution in [2.45, 2.75) is 12.5 Å². The van der Waals surface area contributed by atoms with Gasteiger partial charge in [-0.05, 0) is 24.7 Å². The monoisotopic (exact) mass is 241 g/mol. The molecule has 4 nitrogen and oxygen atoms in total. The number of ether oxygens (including phenoxy) is 2. The Labute approximate surface area is 99.4 Å². The van der Waals surface area contributed by atoms with Crippen LogP contribution in [-0.4, -0.2) is 31.9 Å². The molecule has 5 heteroatoms. The molecule has 2 N–H and O–H groups in total. The molecule has 0 amide bonds. The Morgan fingerprint density at radius 2 is 2.18 bits per heavy atom. The van der Waals surface area contributed by atoms with Crippen LogP contribution in [0, 0.1) is 5.82 Å². The summed E-state index contributed by atoms with van der Waals surface area (Å²) in [5.74, 6) is 0.0186. The Kier molecular flexibility index (Phi) is 3.81. The standard InChI is InChI=1S/C12H16FNO3/c1-14-7-10(15)8-5-9(13)12-11(6-8)16-3-2-4-17-12/h5-6,10,14-15H,2-4,7H2,1H3. The predicted octanol–water partition coefficient (Wildman–Crippen LogP) is 1.24. The van der Waals surface area contributed by atoms with E-state index >= 15 is 0 Å². The minimum absolute atomic E-state index is 0.142. The van der Waals surface area contributed by atoms with E-state index in [0.717, 1.165) is 6.42 Å². The fourth-order valence-electron chi connectivity index (χ4n) is 1.75. The first-order chi connectivity index (χ1) is 8.22. The molecule has 0 aromatic heterocycles. The zero-order valence-corrected chi connectivity index (χ0v) is 9.70. The van der Waals surface area contributed by atoms with Gasteiger partial charge < -0.3 is 19.9 Å². The molecule has 0 saturated carbocycles. The number of aliphatic hydroxyl groups is 1. The van der Waals surface area contributed by atoms with Gasteiger partial charge in [-0.3, -0.25) is 0 Å². The molecule has 0 saturated heterocycles. The van der Waals surface area contributed by atoms with Crippen LogP contribution in [0.4, 0.5) is 4.39 Å². The van der Waals surface area contributed by atoms with E-state index in [1.165, 1.54) is 6.07 Å². The number of nitrogens with one attached hydrogen (secondary N) is 1. The molecule has 0 spiro atoms. The van der Waals surface area contributed by atoms with Crippen LogP contribution in [0.1, 0.15) is 18.1 Å². The Balaban J connectivity index is 2.31. The van der Waals surface area contributed by atoms with Gasteiger partial charge in [-0.2, -0.15) is 0 Å². The molecule has 17 heavy (non-hydrogen) atoms. The lowest BCUT2D eigenvalue weighted by Gasteiger charge is -2.14. The van der Waals surface area contributed by atoms with Crippen LogP contribution in [0.3, 0.4) is 0 Å². The van der Waals surface area contributed by atoms with Crippen molar-refractivity contribution in [2.24, 2.45) is 0 Å². The van der Waals surface area contributed by atoms with Crippen LogP contribution < -0.4 is 14.8 Å². The zero-order chi connectivity index (χ0) is 12.3. The Hall–Kier alpha value is -1.33. The lowest BCUT2D eigenvalue weighted by molar-refractivity contribution is 0.176. The van der Waals surface area contributed by atoms with Gasteiger partial charge in [0.05, 0.1) is 19.3 Å². The molecule has 1 aliphatic heterocycles. The molecule has 1 aromatic rings. The third-order valence-electron chi connectivity index (χ3n) is 2.61. The first kappa shape index (κ1) is 12.1. The highest BCUT2D eigenvalue weighted by atomic mass is 19.1. The second kappa shape index (κ2) is 5.33. The number of benzene rings is 1. The van der Waals surface area contributed by atoms with Crippen LogP contribution in [0.5, 0.6) is 11.5 Å². The van der Waals surface area contributed by atoms with Crippen molar-refractivity contribution in [1.29, 1.82) is 0 Å². The number of halogens is 1. The third kappa shape index (κ3) is 2.68. The molecule has 1 aliphatic rings. The number of hydrogen-bond acceptors (Lipinski definition) is 4. The third-order valence-corrected chi connectivity index (χ3v) is 2.61. The molecule has 1 atom stereocenters. The molecular weight excluding hydrogens is 225 g/mol. The summed E-state index contributed by atoms with van der Waals surface area (Å²) in [5.41, 5.74) is 0.487. The number of likely N-dealkylation sites (N-methyl/N-ethyl adjacent to an activating group) is 1. The maximum atomic E-state index is 13.8. The normalized spacial score (nSPS) is 16.4. The van der Waals surface area contributed by atoms with Crippen molar-refractivity contribution in [3.63, 3.8) is 0 Å². The quantitative estimate of drug-likeness (QED) is 0.836. The van der Waals surface area contributed by atoms with Gasteiger partial charge in [0, 0.05) is 13.0 Å². The van der Waals surface area contributed by atoms with Crippen LogP contribution in [0.15, 0.2) is 12.1 Å². The van der Waals surface area contributed by atoms with Gasteiger partial charge in [-0.15, -0.1) is 0 Å². The van der Waals surface area contributed by atoms with E-state index < -0.39 is 11.9 Å². The van der Waals surface area contributed by atoms with Crippen molar-refractivity contribution in [3.05, 3.63) is 23.5 Å². The first-order valence-corrected chi connectivity index (χ1v) is 5.64. The lowest BCUT2D eigenvalue weighted by Crippen LogP contribution is -2.17. The van der Waals surface area contributed by atoms with Gasteiger partial charge in [-0.1, -0.05) is 0 Å². The molecule has 0 fully saturated rings. The van der Waals surface area contributed by atoms with Crippen molar-refractivity contribution < 1.29 is 19.0 Å². The number of hydrogen-bond donors (Lipinski definition) is 2. The van der Waals surface area contributed by atoms with Crippen LogP contribution >= 0.6 is 0 Å². The predicted molar refractivity (Wildman–Crippen MR) is 60.9 cm³/mol. The fraction of sp³-hybridized carbons (Fsp3) is 0.500. The molecule has 2 rings (SSSR count). The van der Waals surface area contributed by atoms with E-state index in [4.69, 9.17) is 9.47 Å². The topological polar surface area (TPSA) is 50.7 Å². The van der Waals surface area contributed by atoms with E-state index in [2.05, 4.69) is 5.32 Å². The van der Waals surface area contributed by atoms with Gasteiger partial charge in [0.25, 0.3) is 0 Å². The van der Waals surface area contributed by atoms with E-state index in [1.54, 1.807) is 13.1 Å². The summed E-state index contributed by atoms with van der Waals surface area (Å²) >= 11 is 0. The number of aliphatic hydroxyl groups excluding tert-OH is 1. The molecule has 0 bridgehead atoms. The second-order valence-corrected chi connectivity index (χ2v) is 3.95. The van der Waals surface area contributed by atoms with Crippen molar-refractivity contribution >= 4 is 0 Å². The lowest BCUT2D eigenvalue weighted by atomic mass is 10.1. The van der Waals surface area contributed by atoms with Crippen molar-refractivity contribution in [3.8, 4) is 11.5 Å². The maximum Gasteiger partial charge on any atom is 0.197 e. The Morgan fingerprint density at radius 3 is 2.94 bits per heavy atom. The summed E-state index contributed by atoms with van der Waals surface area (Å²) in [5, 5.41) is 12.6. The average Bonchev–Trinajstić information content (AvgIpc) is 2.54. The molecular formula is C12H16FNO3. The highest BCUT2D eigenvalue weighted by Gasteiger charge is 2.19. The van der Waals surface area contributed by atoms with Crippen LogP contribution in [-0.2, 0) is 0 Å². The van der Waals surface area contributed by atoms with Gasteiger partial charge in [0.2, 0.25) is 0 Å². The van der Waals surface area contributed by atoms with Gasteiger partial charge in [-0.25, -0.2) is 4.39 Å². The highest BCUT2D eigenvalue weighted by Crippen LogP contribution is 2.35. The smallest absolute Gasteiger partial charge is 0.197 e. The van der Waals surface area contributed by atoms with Gasteiger partial charge in [0.1, 0.15) is 0 Å². The summed E-state index contributed by atoms with van der Waals surface area (Å²) in [6, 6.07) is 2.92. The highest BCUT2D eigenvalue weighted by molar-refractivity contribution is 5.45. The molecule has 1 unspecified atom stereocenters. The summed E-state index contributed by atoms with van der Waals surface area (Å²) in [4.78, 5) is 0. The van der Waals surface area contributed by atoms with Gasteiger partial charge >= 0.3 is 0 Å². The molecule has 0 aliphatic carbocycles. The maximum absolute atomic E-state index is 13.8. The Bertz CT molecular complexity index is 398. The fourth-order valence-corrected chi connectivity index (χ4v) is 1.75. The second-order valence-electron chi connectivity index (χ2n) is 3.95. The molecule has 0 radical (unpaired) electrons. The van der Waals surface area contributed by atoms with E-state index in [0.29, 0.717) is 31.1 Å². The minimum atomic E-state index is -0.758. The molecule has 94 valence electrons. The molecule has 1 aromatic carbocycles. The van der Waals surface area contributed by atoms with Crippen molar-refractivity contribution in [1.82, 2.24) is 5.32 Å². The Morgan fingerprint density at radius 1 is 1.41 bits per heavy atom. The first-order valence-electron chi connectivity index (χ1n) is 5.64. The minimum Gasteiger partial charge on any atom is -0.489 e. The van der Waals surface area contributed by atoms with Crippen molar-refractivity contribution in [2.75, 3.05) is 26.8 Å². The summed E-state index contributed by atoms with van der Waals surface area (Å²) < 4.78 is 24.5. The van der Waals surface area contributed by atoms with Gasteiger partial charge in [0.15, 0.2) is 17.3 Å². The summed E-state index contributed by atoms with van der Waals surface area (Å²) in [6.07, 6.45) is -0.0330. The zero-order valence-electron chi connectivity index (χ0n) is 9.70. The summed E-state index contributed by atoms with van der Waals surface area (Å²) in [6.45, 7) is 1.30. The van der Waals surface area contributed by atoms with E-state index in [1.807, 2.05) is 0 Å². The van der Waals surface area contributed by atoms with Crippen LogP contribution in [0.25, 0.3) is 0 Å². The van der Waals surface area contributed by atoms with E-state index in [-0.39, 0.29) is 5.75 Å². The number of rotatable bonds is 3. The average molecular weight is 241 g/mol.